The Labute approximate surface area is 124 Å². The van der Waals surface area contributed by atoms with Crippen LogP contribution < -0.4 is 0 Å². The van der Waals surface area contributed by atoms with Crippen molar-refractivity contribution in [1.29, 1.82) is 0 Å². The lowest BCUT2D eigenvalue weighted by Gasteiger charge is -2.32. The van der Waals surface area contributed by atoms with Crippen molar-refractivity contribution in [2.75, 3.05) is 13.2 Å². The number of aliphatic hydroxyl groups is 2. The van der Waals surface area contributed by atoms with Crippen molar-refractivity contribution < 1.29 is 19.7 Å². The van der Waals surface area contributed by atoms with Crippen molar-refractivity contribution in [3.8, 4) is 0 Å². The van der Waals surface area contributed by atoms with Gasteiger partial charge in [-0.2, -0.15) is 0 Å². The van der Waals surface area contributed by atoms with Crippen LogP contribution in [0.15, 0.2) is 0 Å². The fraction of sp³-hybridized carbons (Fsp3) is 1.00. The smallest absolute Gasteiger partial charge is 0.308 e. The van der Waals surface area contributed by atoms with Crippen LogP contribution in [0.25, 0.3) is 0 Å². The van der Waals surface area contributed by atoms with E-state index in [0.717, 1.165) is 25.7 Å². The van der Waals surface area contributed by atoms with Crippen LogP contribution in [0.1, 0.15) is 78.6 Å². The number of unbranched alkanes of at least 4 members (excludes halogenated alkanes) is 5. The molecule has 122 valence electrons. The largest absolute Gasteiger partial charge is 0.385 e. The molecule has 0 radical (unpaired) electrons. The van der Waals surface area contributed by atoms with Crippen molar-refractivity contribution in [2.24, 2.45) is 0 Å². The SMILES string of the molecule is CCCCCCCCC(O)C(O)(OCCC)OCCC. The fourth-order valence-electron chi connectivity index (χ4n) is 2.03. The van der Waals surface area contributed by atoms with Gasteiger partial charge in [-0.15, -0.1) is 0 Å². The van der Waals surface area contributed by atoms with Crippen molar-refractivity contribution in [3.63, 3.8) is 0 Å². The topological polar surface area (TPSA) is 58.9 Å². The van der Waals surface area contributed by atoms with Crippen LogP contribution in [-0.4, -0.2) is 35.5 Å². The lowest BCUT2D eigenvalue weighted by atomic mass is 10.1. The Morgan fingerprint density at radius 3 is 1.80 bits per heavy atom. The minimum absolute atomic E-state index is 0.383. The highest BCUT2D eigenvalue weighted by molar-refractivity contribution is 4.68. The molecule has 0 bridgehead atoms. The third-order valence-electron chi connectivity index (χ3n) is 3.28. The maximum absolute atomic E-state index is 10.3. The van der Waals surface area contributed by atoms with Gasteiger partial charge in [0, 0.05) is 0 Å². The summed E-state index contributed by atoms with van der Waals surface area (Å²) >= 11 is 0. The van der Waals surface area contributed by atoms with Crippen LogP contribution in [0.4, 0.5) is 0 Å². The lowest BCUT2D eigenvalue weighted by molar-refractivity contribution is -0.396. The first-order chi connectivity index (χ1) is 9.60. The molecule has 0 aliphatic carbocycles. The van der Waals surface area contributed by atoms with Gasteiger partial charge >= 0.3 is 5.97 Å². The van der Waals surface area contributed by atoms with E-state index in [2.05, 4.69) is 6.92 Å². The highest BCUT2D eigenvalue weighted by Gasteiger charge is 2.37. The van der Waals surface area contributed by atoms with E-state index in [1.165, 1.54) is 25.7 Å². The molecule has 0 heterocycles. The van der Waals surface area contributed by atoms with Gasteiger partial charge in [-0.25, -0.2) is 0 Å². The molecule has 0 fully saturated rings. The van der Waals surface area contributed by atoms with Crippen molar-refractivity contribution in [3.05, 3.63) is 0 Å². The molecule has 0 saturated carbocycles. The van der Waals surface area contributed by atoms with Gasteiger partial charge in [0.1, 0.15) is 6.10 Å². The van der Waals surface area contributed by atoms with Crippen LogP contribution >= 0.6 is 0 Å². The number of ether oxygens (including phenoxy) is 2. The summed E-state index contributed by atoms with van der Waals surface area (Å²) in [6, 6.07) is 0. The summed E-state index contributed by atoms with van der Waals surface area (Å²) in [5.41, 5.74) is 0. The normalized spacial score (nSPS) is 13.7. The van der Waals surface area contributed by atoms with E-state index in [9.17, 15) is 10.2 Å². The molecule has 0 spiro atoms. The number of hydrogen-bond acceptors (Lipinski definition) is 4. The zero-order valence-electron chi connectivity index (χ0n) is 13.6. The fourth-order valence-corrected chi connectivity index (χ4v) is 2.03. The lowest BCUT2D eigenvalue weighted by Crippen LogP contribution is -2.48. The molecule has 1 atom stereocenters. The predicted octanol–water partition coefficient (Wildman–Crippen LogP) is 3.60. The second-order valence-corrected chi connectivity index (χ2v) is 5.40. The first-order valence-electron chi connectivity index (χ1n) is 8.29. The van der Waals surface area contributed by atoms with Gasteiger partial charge in [0.25, 0.3) is 0 Å². The van der Waals surface area contributed by atoms with E-state index in [1.807, 2.05) is 13.8 Å². The van der Waals surface area contributed by atoms with Gasteiger partial charge in [-0.05, 0) is 19.3 Å². The van der Waals surface area contributed by atoms with E-state index in [1.54, 1.807) is 0 Å². The number of aliphatic hydroxyl groups excluding tert-OH is 1. The average molecular weight is 290 g/mol. The molecule has 20 heavy (non-hydrogen) atoms. The van der Waals surface area contributed by atoms with Gasteiger partial charge in [0.05, 0.1) is 13.2 Å². The summed E-state index contributed by atoms with van der Waals surface area (Å²) in [6.07, 6.45) is 7.99. The van der Waals surface area contributed by atoms with Gasteiger partial charge in [-0.3, -0.25) is 0 Å². The molecule has 2 N–H and O–H groups in total. The predicted molar refractivity (Wildman–Crippen MR) is 81.4 cm³/mol. The van der Waals surface area contributed by atoms with Crippen molar-refractivity contribution in [1.82, 2.24) is 0 Å². The van der Waals surface area contributed by atoms with Crippen molar-refractivity contribution in [2.45, 2.75) is 90.6 Å². The van der Waals surface area contributed by atoms with E-state index >= 15 is 0 Å². The minimum Gasteiger partial charge on any atom is -0.385 e. The van der Waals surface area contributed by atoms with Gasteiger partial charge in [0.15, 0.2) is 0 Å². The quantitative estimate of drug-likeness (QED) is 0.379. The first kappa shape index (κ1) is 19.8. The second kappa shape index (κ2) is 12.6. The maximum Gasteiger partial charge on any atom is 0.308 e. The third kappa shape index (κ3) is 8.90. The molecular weight excluding hydrogens is 256 g/mol. The maximum atomic E-state index is 10.3. The molecule has 0 aromatic rings. The second-order valence-electron chi connectivity index (χ2n) is 5.40. The molecule has 0 aliphatic heterocycles. The van der Waals surface area contributed by atoms with Crippen LogP contribution in [0.3, 0.4) is 0 Å². The molecule has 4 nitrogen and oxygen atoms in total. The zero-order valence-corrected chi connectivity index (χ0v) is 13.6. The first-order valence-corrected chi connectivity index (χ1v) is 8.29. The highest BCUT2D eigenvalue weighted by atomic mass is 16.8. The van der Waals surface area contributed by atoms with E-state index in [-0.39, 0.29) is 0 Å². The van der Waals surface area contributed by atoms with E-state index in [0.29, 0.717) is 19.6 Å². The Hall–Kier alpha value is -0.160. The number of rotatable bonds is 14. The van der Waals surface area contributed by atoms with E-state index < -0.39 is 12.1 Å². The molecule has 0 rings (SSSR count). The Kier molecular flexibility index (Phi) is 12.5. The molecule has 4 heteroatoms. The molecule has 0 aliphatic rings. The molecule has 1 unspecified atom stereocenters. The standard InChI is InChI=1S/C16H34O4/c1-4-7-8-9-10-11-12-15(17)16(18,19-13-5-2)20-14-6-3/h15,17-18H,4-14H2,1-3H3. The average Bonchev–Trinajstić information content (AvgIpc) is 2.46. The molecular formula is C16H34O4. The molecule has 0 aromatic carbocycles. The summed E-state index contributed by atoms with van der Waals surface area (Å²) in [5, 5.41) is 20.4. The molecule has 0 amide bonds. The van der Waals surface area contributed by atoms with Crippen LogP contribution in [0.5, 0.6) is 0 Å². The summed E-state index contributed by atoms with van der Waals surface area (Å²) < 4.78 is 10.6. The highest BCUT2D eigenvalue weighted by Crippen LogP contribution is 2.21. The summed E-state index contributed by atoms with van der Waals surface area (Å²) in [7, 11) is 0. The van der Waals surface area contributed by atoms with Gasteiger partial charge in [-0.1, -0.05) is 59.3 Å². The summed E-state index contributed by atoms with van der Waals surface area (Å²) in [5.74, 6) is -1.84. The van der Waals surface area contributed by atoms with Gasteiger partial charge < -0.3 is 19.7 Å². The van der Waals surface area contributed by atoms with Crippen LogP contribution in [0.2, 0.25) is 0 Å². The zero-order chi connectivity index (χ0) is 15.3. The minimum atomic E-state index is -1.84. The van der Waals surface area contributed by atoms with E-state index in [4.69, 9.17) is 9.47 Å². The molecule has 0 aromatic heterocycles. The Morgan fingerprint density at radius 1 is 0.800 bits per heavy atom. The monoisotopic (exact) mass is 290 g/mol. The third-order valence-corrected chi connectivity index (χ3v) is 3.28. The molecule has 0 saturated heterocycles. The Balaban J connectivity index is 4.02. The van der Waals surface area contributed by atoms with Crippen molar-refractivity contribution >= 4 is 0 Å². The van der Waals surface area contributed by atoms with Crippen LogP contribution in [-0.2, 0) is 9.47 Å². The van der Waals surface area contributed by atoms with Gasteiger partial charge in [0.2, 0.25) is 0 Å². The Morgan fingerprint density at radius 2 is 1.30 bits per heavy atom. The Bertz CT molecular complexity index is 201. The summed E-state index contributed by atoms with van der Waals surface area (Å²) in [4.78, 5) is 0. The van der Waals surface area contributed by atoms with Crippen LogP contribution in [0, 0.1) is 0 Å². The number of hydrogen-bond donors (Lipinski definition) is 2. The summed E-state index contributed by atoms with van der Waals surface area (Å²) in [6.45, 7) is 6.88.